The first-order valence-electron chi connectivity index (χ1n) is 6.56. The fourth-order valence-electron chi connectivity index (χ4n) is 1.58. The van der Waals surface area contributed by atoms with Crippen molar-refractivity contribution in [3.63, 3.8) is 0 Å². The molecule has 20 heavy (non-hydrogen) atoms. The molecule has 0 spiro atoms. The molecule has 2 aromatic rings. The summed E-state index contributed by atoms with van der Waals surface area (Å²) in [6.45, 7) is 4.79. The molecule has 0 saturated heterocycles. The number of nitrogens with zero attached hydrogens (tertiary/aromatic N) is 4. The van der Waals surface area contributed by atoms with Gasteiger partial charge in [-0.2, -0.15) is 5.10 Å². The highest BCUT2D eigenvalue weighted by atomic mass is 16.1. The smallest absolute Gasteiger partial charge is 0.239 e. The molecular weight excluding hydrogens is 256 g/mol. The van der Waals surface area contributed by atoms with Gasteiger partial charge in [0.25, 0.3) is 0 Å². The first kappa shape index (κ1) is 14.0. The highest BCUT2D eigenvalue weighted by molar-refractivity contribution is 5.80. The van der Waals surface area contributed by atoms with E-state index in [1.54, 1.807) is 16.8 Å². The summed E-state index contributed by atoms with van der Waals surface area (Å²) < 4.78 is 1.65. The van der Waals surface area contributed by atoms with Crippen LogP contribution in [0.1, 0.15) is 19.0 Å². The number of hydrogen-bond donors (Lipinski definition) is 2. The van der Waals surface area contributed by atoms with Crippen LogP contribution in [-0.4, -0.2) is 39.0 Å². The molecule has 0 bridgehead atoms. The molecule has 2 aromatic heterocycles. The molecule has 106 valence electrons. The van der Waals surface area contributed by atoms with E-state index in [4.69, 9.17) is 0 Å². The van der Waals surface area contributed by atoms with Gasteiger partial charge in [0.2, 0.25) is 5.91 Å². The summed E-state index contributed by atoms with van der Waals surface area (Å²) in [5.41, 5.74) is 0.918. The Morgan fingerprint density at radius 3 is 2.75 bits per heavy atom. The summed E-state index contributed by atoms with van der Waals surface area (Å²) in [6.07, 6.45) is 2.74. The Morgan fingerprint density at radius 2 is 2.15 bits per heavy atom. The zero-order chi connectivity index (χ0) is 14.4. The first-order chi connectivity index (χ1) is 9.69. The van der Waals surface area contributed by atoms with Crippen LogP contribution in [0.2, 0.25) is 0 Å². The molecule has 0 unspecified atom stereocenters. The van der Waals surface area contributed by atoms with Crippen LogP contribution >= 0.6 is 0 Å². The lowest BCUT2D eigenvalue weighted by Crippen LogP contribution is -2.30. The first-order valence-corrected chi connectivity index (χ1v) is 6.56. The Balaban J connectivity index is 1.90. The normalized spacial score (nSPS) is 10.3. The number of rotatable bonds is 6. The molecule has 0 aliphatic heterocycles. The summed E-state index contributed by atoms with van der Waals surface area (Å²) in [5, 5.41) is 18.0. The van der Waals surface area contributed by atoms with Gasteiger partial charge in [-0.05, 0) is 31.5 Å². The Kier molecular flexibility index (Phi) is 4.65. The number of anilines is 1. The molecule has 0 radical (unpaired) electrons. The van der Waals surface area contributed by atoms with Crippen LogP contribution < -0.4 is 10.6 Å². The SMILES string of the molecule is CCCNC(=O)CNc1ccc(-n2ccc(C)n2)nn1. The zero-order valence-corrected chi connectivity index (χ0v) is 11.6. The molecule has 0 saturated carbocycles. The van der Waals surface area contributed by atoms with Gasteiger partial charge in [-0.15, -0.1) is 10.2 Å². The molecule has 7 heteroatoms. The van der Waals surface area contributed by atoms with Crippen LogP contribution in [-0.2, 0) is 4.79 Å². The summed E-state index contributed by atoms with van der Waals surface area (Å²) in [5.74, 6) is 1.14. The Bertz CT molecular complexity index is 562. The lowest BCUT2D eigenvalue weighted by molar-refractivity contribution is -0.119. The molecule has 0 aromatic carbocycles. The molecule has 2 heterocycles. The molecule has 1 amide bonds. The Hall–Kier alpha value is -2.44. The zero-order valence-electron chi connectivity index (χ0n) is 11.6. The predicted molar refractivity (Wildman–Crippen MR) is 75.7 cm³/mol. The molecule has 7 nitrogen and oxygen atoms in total. The highest BCUT2D eigenvalue weighted by Gasteiger charge is 2.03. The van der Waals surface area contributed by atoms with E-state index in [0.29, 0.717) is 18.2 Å². The monoisotopic (exact) mass is 274 g/mol. The van der Waals surface area contributed by atoms with Crippen LogP contribution in [0.5, 0.6) is 0 Å². The average Bonchev–Trinajstić information content (AvgIpc) is 2.90. The third-order valence-electron chi connectivity index (χ3n) is 2.61. The van der Waals surface area contributed by atoms with Crippen molar-refractivity contribution in [1.29, 1.82) is 0 Å². The standard InChI is InChI=1S/C13H18N6O/c1-3-7-14-13(20)9-15-11-4-5-12(17-16-11)19-8-6-10(2)18-19/h4-6,8H,3,7,9H2,1-2H3,(H,14,20)(H,15,16). The Labute approximate surface area is 117 Å². The van der Waals surface area contributed by atoms with Crippen LogP contribution in [0.3, 0.4) is 0 Å². The van der Waals surface area contributed by atoms with Crippen LogP contribution in [0.25, 0.3) is 5.82 Å². The maximum absolute atomic E-state index is 11.4. The lowest BCUT2D eigenvalue weighted by atomic mass is 10.4. The van der Waals surface area contributed by atoms with Gasteiger partial charge < -0.3 is 10.6 Å². The van der Waals surface area contributed by atoms with Crippen LogP contribution in [0, 0.1) is 6.92 Å². The topological polar surface area (TPSA) is 84.7 Å². The van der Waals surface area contributed by atoms with Gasteiger partial charge in [0.05, 0.1) is 12.2 Å². The number of hydrogen-bond acceptors (Lipinski definition) is 5. The second-order valence-corrected chi connectivity index (χ2v) is 4.38. The van der Waals surface area contributed by atoms with Crippen molar-refractivity contribution in [2.75, 3.05) is 18.4 Å². The van der Waals surface area contributed by atoms with E-state index in [2.05, 4.69) is 25.9 Å². The number of amides is 1. The van der Waals surface area contributed by atoms with Crippen molar-refractivity contribution >= 4 is 11.7 Å². The van der Waals surface area contributed by atoms with E-state index in [-0.39, 0.29) is 12.5 Å². The fraction of sp³-hybridized carbons (Fsp3) is 0.385. The Morgan fingerprint density at radius 1 is 1.30 bits per heavy atom. The number of aromatic nitrogens is 4. The summed E-state index contributed by atoms with van der Waals surface area (Å²) in [6, 6.07) is 5.46. The van der Waals surface area contributed by atoms with E-state index in [0.717, 1.165) is 12.1 Å². The third kappa shape index (κ3) is 3.78. The molecule has 0 aliphatic rings. The van der Waals surface area contributed by atoms with Crippen molar-refractivity contribution in [2.24, 2.45) is 0 Å². The van der Waals surface area contributed by atoms with Gasteiger partial charge in [-0.25, -0.2) is 4.68 Å². The third-order valence-corrected chi connectivity index (χ3v) is 2.61. The van der Waals surface area contributed by atoms with Crippen LogP contribution in [0.15, 0.2) is 24.4 Å². The molecule has 0 fully saturated rings. The van der Waals surface area contributed by atoms with Gasteiger partial charge in [-0.1, -0.05) is 6.92 Å². The second kappa shape index (κ2) is 6.65. The quantitative estimate of drug-likeness (QED) is 0.818. The van der Waals surface area contributed by atoms with Gasteiger partial charge in [0.15, 0.2) is 5.82 Å². The van der Waals surface area contributed by atoms with Crippen molar-refractivity contribution in [3.8, 4) is 5.82 Å². The van der Waals surface area contributed by atoms with E-state index in [1.807, 2.05) is 26.1 Å². The highest BCUT2D eigenvalue weighted by Crippen LogP contribution is 2.06. The molecule has 0 atom stereocenters. The average molecular weight is 274 g/mol. The molecule has 2 rings (SSSR count). The number of carbonyl (C=O) groups is 1. The van der Waals surface area contributed by atoms with Gasteiger partial charge in [0.1, 0.15) is 5.82 Å². The van der Waals surface area contributed by atoms with E-state index >= 15 is 0 Å². The lowest BCUT2D eigenvalue weighted by Gasteiger charge is -2.06. The summed E-state index contributed by atoms with van der Waals surface area (Å²) >= 11 is 0. The molecular formula is C13H18N6O. The summed E-state index contributed by atoms with van der Waals surface area (Å²) in [7, 11) is 0. The van der Waals surface area contributed by atoms with Crippen molar-refractivity contribution < 1.29 is 4.79 Å². The minimum absolute atomic E-state index is 0.0552. The van der Waals surface area contributed by atoms with Crippen LogP contribution in [0.4, 0.5) is 5.82 Å². The predicted octanol–water partition coefficient (Wildman–Crippen LogP) is 0.909. The van der Waals surface area contributed by atoms with Gasteiger partial charge >= 0.3 is 0 Å². The second-order valence-electron chi connectivity index (χ2n) is 4.38. The maximum atomic E-state index is 11.4. The van der Waals surface area contributed by atoms with Crippen molar-refractivity contribution in [2.45, 2.75) is 20.3 Å². The molecule has 2 N–H and O–H groups in total. The van der Waals surface area contributed by atoms with E-state index < -0.39 is 0 Å². The largest absolute Gasteiger partial charge is 0.360 e. The number of aryl methyl sites for hydroxylation is 1. The summed E-state index contributed by atoms with van der Waals surface area (Å²) in [4.78, 5) is 11.4. The van der Waals surface area contributed by atoms with Crippen molar-refractivity contribution in [3.05, 3.63) is 30.1 Å². The van der Waals surface area contributed by atoms with Crippen molar-refractivity contribution in [1.82, 2.24) is 25.3 Å². The van der Waals surface area contributed by atoms with Gasteiger partial charge in [0, 0.05) is 12.7 Å². The van der Waals surface area contributed by atoms with Gasteiger partial charge in [-0.3, -0.25) is 4.79 Å². The van der Waals surface area contributed by atoms with E-state index in [9.17, 15) is 4.79 Å². The maximum Gasteiger partial charge on any atom is 0.239 e. The number of carbonyl (C=O) groups excluding carboxylic acids is 1. The minimum atomic E-state index is -0.0552. The molecule has 0 aliphatic carbocycles. The minimum Gasteiger partial charge on any atom is -0.360 e. The number of nitrogens with one attached hydrogen (secondary N) is 2. The fourth-order valence-corrected chi connectivity index (χ4v) is 1.58. The van der Waals surface area contributed by atoms with E-state index in [1.165, 1.54) is 0 Å².